The molecule has 0 aliphatic carbocycles. The molecule has 1 amide bonds. The van der Waals surface area contributed by atoms with E-state index in [2.05, 4.69) is 10.6 Å². The minimum atomic E-state index is 0.0315. The van der Waals surface area contributed by atoms with Crippen LogP contribution in [0.5, 0.6) is 5.75 Å². The summed E-state index contributed by atoms with van der Waals surface area (Å²) >= 11 is 0. The number of piperidine rings is 1. The highest BCUT2D eigenvalue weighted by Crippen LogP contribution is 2.32. The first-order valence-corrected chi connectivity index (χ1v) is 9.31. The molecule has 2 fully saturated rings. The van der Waals surface area contributed by atoms with E-state index in [1.165, 1.54) is 12.8 Å². The average molecular weight is 330 g/mol. The number of rotatable bonds is 6. The number of carbonyl (C=O) groups is 1. The standard InChI is InChI=1S/C20H30N2O2/c1-13(2)24-19-8-4-16(5-9-19)14(3)21-20(23)12-15-10-17-6-7-18(11-15)22-17/h4-5,8-9,13-15,17-18,22H,6-7,10-12H2,1-3H3,(H,21,23). The highest BCUT2D eigenvalue weighted by molar-refractivity contribution is 5.76. The van der Waals surface area contributed by atoms with Gasteiger partial charge < -0.3 is 15.4 Å². The molecule has 0 radical (unpaired) electrons. The molecule has 0 saturated carbocycles. The van der Waals surface area contributed by atoms with E-state index in [1.54, 1.807) is 0 Å². The summed E-state index contributed by atoms with van der Waals surface area (Å²) in [5.74, 6) is 1.59. The Morgan fingerprint density at radius 2 is 1.79 bits per heavy atom. The molecule has 2 heterocycles. The quantitative estimate of drug-likeness (QED) is 0.838. The van der Waals surface area contributed by atoms with Gasteiger partial charge in [-0.25, -0.2) is 0 Å². The lowest BCUT2D eigenvalue weighted by Crippen LogP contribution is -2.40. The molecule has 132 valence electrons. The van der Waals surface area contributed by atoms with Gasteiger partial charge >= 0.3 is 0 Å². The van der Waals surface area contributed by atoms with E-state index in [0.717, 1.165) is 24.2 Å². The number of hydrogen-bond donors (Lipinski definition) is 2. The third-order valence-corrected chi connectivity index (χ3v) is 5.17. The lowest BCUT2D eigenvalue weighted by molar-refractivity contribution is -0.122. The van der Waals surface area contributed by atoms with Gasteiger partial charge in [0.15, 0.2) is 0 Å². The summed E-state index contributed by atoms with van der Waals surface area (Å²) in [6.45, 7) is 6.08. The van der Waals surface area contributed by atoms with Crippen molar-refractivity contribution in [3.8, 4) is 5.75 Å². The zero-order valence-corrected chi connectivity index (χ0v) is 15.0. The van der Waals surface area contributed by atoms with Gasteiger partial charge in [-0.15, -0.1) is 0 Å². The van der Waals surface area contributed by atoms with E-state index >= 15 is 0 Å². The summed E-state index contributed by atoms with van der Waals surface area (Å²) in [6, 6.07) is 9.34. The van der Waals surface area contributed by atoms with Gasteiger partial charge in [-0.3, -0.25) is 4.79 Å². The van der Waals surface area contributed by atoms with Crippen molar-refractivity contribution >= 4 is 5.91 Å². The molecule has 3 atom stereocenters. The summed E-state index contributed by atoms with van der Waals surface area (Å²) in [7, 11) is 0. The van der Waals surface area contributed by atoms with Crippen LogP contribution in [0.2, 0.25) is 0 Å². The molecule has 1 aromatic carbocycles. The predicted octanol–water partition coefficient (Wildman–Crippen LogP) is 3.57. The monoisotopic (exact) mass is 330 g/mol. The van der Waals surface area contributed by atoms with E-state index in [9.17, 15) is 4.79 Å². The molecule has 0 spiro atoms. The van der Waals surface area contributed by atoms with Crippen molar-refractivity contribution in [1.82, 2.24) is 10.6 Å². The van der Waals surface area contributed by atoms with E-state index in [0.29, 0.717) is 24.4 Å². The highest BCUT2D eigenvalue weighted by Gasteiger charge is 2.34. The third kappa shape index (κ3) is 4.50. The maximum Gasteiger partial charge on any atom is 0.220 e. The summed E-state index contributed by atoms with van der Waals surface area (Å²) in [5.41, 5.74) is 1.12. The molecule has 2 bridgehead atoms. The van der Waals surface area contributed by atoms with Crippen LogP contribution in [0.1, 0.15) is 64.5 Å². The normalized spacial score (nSPS) is 27.1. The third-order valence-electron chi connectivity index (χ3n) is 5.17. The molecule has 3 unspecified atom stereocenters. The van der Waals surface area contributed by atoms with E-state index in [-0.39, 0.29) is 18.1 Å². The predicted molar refractivity (Wildman–Crippen MR) is 96.1 cm³/mol. The Kier molecular flexibility index (Phi) is 5.44. The number of benzene rings is 1. The maximum atomic E-state index is 12.4. The van der Waals surface area contributed by atoms with Gasteiger partial charge in [0.05, 0.1) is 12.1 Å². The molecular weight excluding hydrogens is 300 g/mol. The maximum absolute atomic E-state index is 12.4. The molecule has 0 aromatic heterocycles. The average Bonchev–Trinajstić information content (AvgIpc) is 2.86. The molecule has 2 N–H and O–H groups in total. The number of fused-ring (bicyclic) bond motifs is 2. The molecular formula is C20H30N2O2. The van der Waals surface area contributed by atoms with Crippen LogP contribution in [0.3, 0.4) is 0 Å². The first kappa shape index (κ1) is 17.3. The zero-order chi connectivity index (χ0) is 17.1. The van der Waals surface area contributed by atoms with Crippen LogP contribution < -0.4 is 15.4 Å². The van der Waals surface area contributed by atoms with Crippen LogP contribution in [0.25, 0.3) is 0 Å². The van der Waals surface area contributed by atoms with Crippen LogP contribution in [0, 0.1) is 5.92 Å². The van der Waals surface area contributed by atoms with Gasteiger partial charge in [0.2, 0.25) is 5.91 Å². The van der Waals surface area contributed by atoms with Crippen molar-refractivity contribution in [1.29, 1.82) is 0 Å². The van der Waals surface area contributed by atoms with Crippen LogP contribution in [-0.2, 0) is 4.79 Å². The van der Waals surface area contributed by atoms with Crippen molar-refractivity contribution in [2.45, 2.75) is 77.1 Å². The number of carbonyl (C=O) groups excluding carboxylic acids is 1. The van der Waals surface area contributed by atoms with Gasteiger partial charge in [0, 0.05) is 18.5 Å². The molecule has 3 rings (SSSR count). The Morgan fingerprint density at radius 3 is 2.38 bits per heavy atom. The zero-order valence-electron chi connectivity index (χ0n) is 15.0. The second-order valence-electron chi connectivity index (χ2n) is 7.70. The van der Waals surface area contributed by atoms with Crippen LogP contribution in [0.15, 0.2) is 24.3 Å². The fourth-order valence-electron chi connectivity index (χ4n) is 4.09. The lowest BCUT2D eigenvalue weighted by atomic mass is 9.89. The summed E-state index contributed by atoms with van der Waals surface area (Å²) in [5, 5.41) is 6.79. The SMILES string of the molecule is CC(C)Oc1ccc(C(C)NC(=O)CC2CC3CCC(C2)N3)cc1. The first-order valence-electron chi connectivity index (χ1n) is 9.31. The number of hydrogen-bond acceptors (Lipinski definition) is 3. The minimum Gasteiger partial charge on any atom is -0.491 e. The van der Waals surface area contributed by atoms with Crippen molar-refractivity contribution < 1.29 is 9.53 Å². The number of ether oxygens (including phenoxy) is 1. The molecule has 2 aliphatic heterocycles. The Bertz CT molecular complexity index is 543. The Hall–Kier alpha value is -1.55. The van der Waals surface area contributed by atoms with Crippen LogP contribution in [0.4, 0.5) is 0 Å². The van der Waals surface area contributed by atoms with Crippen LogP contribution >= 0.6 is 0 Å². The molecule has 2 saturated heterocycles. The van der Waals surface area contributed by atoms with E-state index in [1.807, 2.05) is 45.0 Å². The molecule has 4 heteroatoms. The fraction of sp³-hybridized carbons (Fsp3) is 0.650. The van der Waals surface area contributed by atoms with Crippen molar-refractivity contribution in [3.05, 3.63) is 29.8 Å². The second kappa shape index (κ2) is 7.56. The molecule has 4 nitrogen and oxygen atoms in total. The van der Waals surface area contributed by atoms with Crippen molar-refractivity contribution in [2.24, 2.45) is 5.92 Å². The second-order valence-corrected chi connectivity index (χ2v) is 7.70. The Morgan fingerprint density at radius 1 is 1.17 bits per heavy atom. The van der Waals surface area contributed by atoms with E-state index < -0.39 is 0 Å². The largest absolute Gasteiger partial charge is 0.491 e. The Balaban J connectivity index is 1.48. The van der Waals surface area contributed by atoms with E-state index in [4.69, 9.17) is 4.74 Å². The topological polar surface area (TPSA) is 50.4 Å². The highest BCUT2D eigenvalue weighted by atomic mass is 16.5. The summed E-state index contributed by atoms with van der Waals surface area (Å²) in [6.07, 6.45) is 5.70. The van der Waals surface area contributed by atoms with Gasteiger partial charge in [-0.05, 0) is 70.1 Å². The van der Waals surface area contributed by atoms with Gasteiger partial charge in [0.1, 0.15) is 5.75 Å². The first-order chi connectivity index (χ1) is 11.5. The fourth-order valence-corrected chi connectivity index (χ4v) is 4.09. The molecule has 2 aliphatic rings. The van der Waals surface area contributed by atoms with Crippen LogP contribution in [-0.4, -0.2) is 24.1 Å². The summed E-state index contributed by atoms with van der Waals surface area (Å²) < 4.78 is 5.66. The van der Waals surface area contributed by atoms with Gasteiger partial charge in [-0.1, -0.05) is 12.1 Å². The lowest BCUT2D eigenvalue weighted by Gasteiger charge is -2.29. The van der Waals surface area contributed by atoms with Crippen molar-refractivity contribution in [2.75, 3.05) is 0 Å². The number of nitrogens with one attached hydrogen (secondary N) is 2. The smallest absolute Gasteiger partial charge is 0.220 e. The van der Waals surface area contributed by atoms with Gasteiger partial charge in [0.25, 0.3) is 0 Å². The van der Waals surface area contributed by atoms with Gasteiger partial charge in [-0.2, -0.15) is 0 Å². The minimum absolute atomic E-state index is 0.0315. The molecule has 24 heavy (non-hydrogen) atoms. The summed E-state index contributed by atoms with van der Waals surface area (Å²) in [4.78, 5) is 12.4. The number of amides is 1. The molecule has 1 aromatic rings. The Labute approximate surface area is 145 Å². The van der Waals surface area contributed by atoms with Crippen molar-refractivity contribution in [3.63, 3.8) is 0 Å².